The van der Waals surface area contributed by atoms with Gasteiger partial charge in [0.25, 0.3) is 0 Å². The molecule has 0 aromatic carbocycles. The van der Waals surface area contributed by atoms with Crippen LogP contribution in [0.5, 0.6) is 0 Å². The maximum absolute atomic E-state index is 11.8. The monoisotopic (exact) mass is 257 g/mol. The zero-order valence-electron chi connectivity index (χ0n) is 11.7. The molecule has 0 N–H and O–H groups in total. The Morgan fingerprint density at radius 1 is 1.06 bits per heavy atom. The lowest BCUT2D eigenvalue weighted by molar-refractivity contribution is -0.175. The summed E-state index contributed by atoms with van der Waals surface area (Å²) < 4.78 is 10.2. The molecule has 5 nitrogen and oxygen atoms in total. The molecule has 1 fully saturated rings. The third kappa shape index (κ3) is 4.55. The summed E-state index contributed by atoms with van der Waals surface area (Å²) in [6.07, 6.45) is 1.92. The minimum Gasteiger partial charge on any atom is -0.425 e. The van der Waals surface area contributed by atoms with Gasteiger partial charge in [0.1, 0.15) is 0 Å². The Morgan fingerprint density at radius 3 is 2.11 bits per heavy atom. The van der Waals surface area contributed by atoms with Crippen LogP contribution < -0.4 is 0 Å². The van der Waals surface area contributed by atoms with Crippen molar-refractivity contribution in [3.63, 3.8) is 0 Å². The number of esters is 1. The van der Waals surface area contributed by atoms with Crippen molar-refractivity contribution in [2.75, 3.05) is 13.1 Å². The van der Waals surface area contributed by atoms with Gasteiger partial charge in [-0.2, -0.15) is 0 Å². The normalized spacial score (nSPS) is 18.1. The summed E-state index contributed by atoms with van der Waals surface area (Å²) in [4.78, 5) is 25.0. The molecule has 0 radical (unpaired) electrons. The number of carbonyl (C=O) groups excluding carboxylic acids is 2. The van der Waals surface area contributed by atoms with Gasteiger partial charge >= 0.3 is 12.1 Å². The summed E-state index contributed by atoms with van der Waals surface area (Å²) in [5.41, 5.74) is -0.591. The Balaban J connectivity index is 2.37. The second-order valence-electron chi connectivity index (χ2n) is 5.65. The van der Waals surface area contributed by atoms with E-state index in [1.165, 1.54) is 0 Å². The van der Waals surface area contributed by atoms with Crippen LogP contribution in [0.1, 0.15) is 47.0 Å². The molecule has 0 bridgehead atoms. The third-order valence-corrected chi connectivity index (χ3v) is 2.77. The molecule has 0 aromatic rings. The molecule has 0 saturated carbocycles. The summed E-state index contributed by atoms with van der Waals surface area (Å²) in [6.45, 7) is 8.28. The SMILES string of the molecule is CC(OC(=O)N1CCCCC1)OC(=O)C(C)(C)C. The number of likely N-dealkylation sites (tertiary alicyclic amines) is 1. The van der Waals surface area contributed by atoms with Crippen LogP contribution in [-0.4, -0.2) is 36.3 Å². The van der Waals surface area contributed by atoms with Crippen molar-refractivity contribution in [1.82, 2.24) is 4.90 Å². The number of ether oxygens (including phenoxy) is 2. The van der Waals surface area contributed by atoms with Crippen molar-refractivity contribution in [2.24, 2.45) is 5.41 Å². The van der Waals surface area contributed by atoms with E-state index in [2.05, 4.69) is 0 Å². The number of rotatable bonds is 2. The number of hydrogen-bond donors (Lipinski definition) is 0. The molecule has 18 heavy (non-hydrogen) atoms. The van der Waals surface area contributed by atoms with Crippen LogP contribution in [0.2, 0.25) is 0 Å². The molecule has 1 rings (SSSR count). The first-order chi connectivity index (χ1) is 8.30. The maximum Gasteiger partial charge on any atom is 0.412 e. The van der Waals surface area contributed by atoms with Crippen molar-refractivity contribution in [1.29, 1.82) is 0 Å². The fourth-order valence-corrected chi connectivity index (χ4v) is 1.64. The van der Waals surface area contributed by atoms with Crippen molar-refractivity contribution in [2.45, 2.75) is 53.2 Å². The summed E-state index contributed by atoms with van der Waals surface area (Å²) in [5, 5.41) is 0. The summed E-state index contributed by atoms with van der Waals surface area (Å²) in [7, 11) is 0. The summed E-state index contributed by atoms with van der Waals surface area (Å²) in [6, 6.07) is 0. The lowest BCUT2D eigenvalue weighted by Crippen LogP contribution is -2.39. The van der Waals surface area contributed by atoms with E-state index in [-0.39, 0.29) is 5.97 Å². The van der Waals surface area contributed by atoms with Crippen LogP contribution in [0.15, 0.2) is 0 Å². The van der Waals surface area contributed by atoms with E-state index in [4.69, 9.17) is 9.47 Å². The van der Waals surface area contributed by atoms with Crippen molar-refractivity contribution in [3.8, 4) is 0 Å². The molecule has 1 saturated heterocycles. The topological polar surface area (TPSA) is 55.8 Å². The van der Waals surface area contributed by atoms with E-state index in [9.17, 15) is 9.59 Å². The highest BCUT2D eigenvalue weighted by atomic mass is 16.7. The highest BCUT2D eigenvalue weighted by Gasteiger charge is 2.27. The highest BCUT2D eigenvalue weighted by Crippen LogP contribution is 2.17. The average molecular weight is 257 g/mol. The molecule has 0 spiro atoms. The predicted octanol–water partition coefficient (Wildman–Crippen LogP) is 2.54. The highest BCUT2D eigenvalue weighted by molar-refractivity contribution is 5.75. The quantitative estimate of drug-likeness (QED) is 0.563. The number of piperidine rings is 1. The Labute approximate surface area is 108 Å². The van der Waals surface area contributed by atoms with Crippen LogP contribution in [0.4, 0.5) is 4.79 Å². The first kappa shape index (κ1) is 14.8. The number of nitrogens with zero attached hydrogens (tertiary/aromatic N) is 1. The van der Waals surface area contributed by atoms with Crippen LogP contribution in [0, 0.1) is 5.41 Å². The van der Waals surface area contributed by atoms with Crippen molar-refractivity contribution >= 4 is 12.1 Å². The molecule has 0 aromatic heterocycles. The first-order valence-electron chi connectivity index (χ1n) is 6.47. The average Bonchev–Trinajstić information content (AvgIpc) is 2.28. The molecule has 1 heterocycles. The second-order valence-corrected chi connectivity index (χ2v) is 5.65. The van der Waals surface area contributed by atoms with E-state index in [0.717, 1.165) is 32.4 Å². The van der Waals surface area contributed by atoms with Crippen molar-refractivity contribution < 1.29 is 19.1 Å². The Bertz CT molecular complexity index is 303. The summed E-state index contributed by atoms with van der Waals surface area (Å²) >= 11 is 0. The zero-order chi connectivity index (χ0) is 13.8. The fourth-order valence-electron chi connectivity index (χ4n) is 1.64. The fraction of sp³-hybridized carbons (Fsp3) is 0.846. The van der Waals surface area contributed by atoms with Crippen molar-refractivity contribution in [3.05, 3.63) is 0 Å². The molecule has 0 aliphatic carbocycles. The first-order valence-corrected chi connectivity index (χ1v) is 6.47. The number of hydrogen-bond acceptors (Lipinski definition) is 4. The van der Waals surface area contributed by atoms with E-state index in [0.29, 0.717) is 0 Å². The van der Waals surface area contributed by atoms with Crippen LogP contribution in [0.25, 0.3) is 0 Å². The Kier molecular flexibility index (Phi) is 4.99. The molecular formula is C13H23NO4. The second kappa shape index (κ2) is 6.07. The van der Waals surface area contributed by atoms with Crippen LogP contribution in [-0.2, 0) is 14.3 Å². The molecule has 1 atom stereocenters. The Morgan fingerprint density at radius 2 is 1.61 bits per heavy atom. The zero-order valence-corrected chi connectivity index (χ0v) is 11.7. The largest absolute Gasteiger partial charge is 0.425 e. The molecule has 104 valence electrons. The molecule has 1 amide bonds. The van der Waals surface area contributed by atoms with Gasteiger partial charge in [-0.3, -0.25) is 4.79 Å². The maximum atomic E-state index is 11.8. The molecule has 1 aliphatic rings. The summed E-state index contributed by atoms with van der Waals surface area (Å²) in [5.74, 6) is -0.374. The Hall–Kier alpha value is -1.26. The minimum absolute atomic E-state index is 0.374. The van der Waals surface area contributed by atoms with E-state index in [1.54, 1.807) is 32.6 Å². The van der Waals surface area contributed by atoms with Gasteiger partial charge in [0.15, 0.2) is 0 Å². The molecular weight excluding hydrogens is 234 g/mol. The predicted molar refractivity (Wildman–Crippen MR) is 66.9 cm³/mol. The van der Waals surface area contributed by atoms with Gasteiger partial charge < -0.3 is 14.4 Å². The van der Waals surface area contributed by atoms with Gasteiger partial charge in [-0.1, -0.05) is 0 Å². The lowest BCUT2D eigenvalue weighted by atomic mass is 9.97. The molecule has 1 unspecified atom stereocenters. The lowest BCUT2D eigenvalue weighted by Gasteiger charge is -2.28. The van der Waals surface area contributed by atoms with Crippen LogP contribution >= 0.6 is 0 Å². The van der Waals surface area contributed by atoms with E-state index >= 15 is 0 Å². The van der Waals surface area contributed by atoms with E-state index < -0.39 is 17.8 Å². The molecule has 5 heteroatoms. The number of carbonyl (C=O) groups is 2. The third-order valence-electron chi connectivity index (χ3n) is 2.77. The number of amides is 1. The van der Waals surface area contributed by atoms with Gasteiger partial charge in [0.05, 0.1) is 5.41 Å². The minimum atomic E-state index is -0.842. The van der Waals surface area contributed by atoms with E-state index in [1.807, 2.05) is 0 Å². The van der Waals surface area contributed by atoms with Gasteiger partial charge in [-0.15, -0.1) is 0 Å². The van der Waals surface area contributed by atoms with Crippen LogP contribution in [0.3, 0.4) is 0 Å². The molecule has 1 aliphatic heterocycles. The van der Waals surface area contributed by atoms with Gasteiger partial charge in [-0.25, -0.2) is 4.79 Å². The van der Waals surface area contributed by atoms with Gasteiger partial charge in [0, 0.05) is 20.0 Å². The smallest absolute Gasteiger partial charge is 0.412 e. The standard InChI is InChI=1S/C13H23NO4/c1-10(17-11(15)13(2,3)4)18-12(16)14-8-6-5-7-9-14/h10H,5-9H2,1-4H3. The van der Waals surface area contributed by atoms with Gasteiger partial charge in [0.2, 0.25) is 6.29 Å². The van der Waals surface area contributed by atoms with Gasteiger partial charge in [-0.05, 0) is 40.0 Å².